The van der Waals surface area contributed by atoms with Gasteiger partial charge in [0.15, 0.2) is 0 Å². The lowest BCUT2D eigenvalue weighted by Gasteiger charge is -2.11. The van der Waals surface area contributed by atoms with Crippen LogP contribution < -0.4 is 16.6 Å². The van der Waals surface area contributed by atoms with Crippen molar-refractivity contribution in [3.05, 3.63) is 0 Å². The standard InChI is InChI=1S/C10H22N4O/c1-8(2)13-10(14-11)12-5-6-15-7-9-3-4-9/h8-9H,3-7,11H2,1-2H3,(H2,12,13,14). The Morgan fingerprint density at radius 3 is 2.80 bits per heavy atom. The van der Waals surface area contributed by atoms with Gasteiger partial charge >= 0.3 is 0 Å². The molecule has 0 heterocycles. The summed E-state index contributed by atoms with van der Waals surface area (Å²) in [6, 6.07) is 0.326. The smallest absolute Gasteiger partial charge is 0.206 e. The average molecular weight is 214 g/mol. The van der Waals surface area contributed by atoms with Gasteiger partial charge in [0, 0.05) is 12.6 Å². The minimum atomic E-state index is 0.326. The van der Waals surface area contributed by atoms with Gasteiger partial charge in [-0.15, -0.1) is 0 Å². The first-order valence-corrected chi connectivity index (χ1v) is 5.57. The molecule has 0 amide bonds. The molecule has 1 saturated carbocycles. The van der Waals surface area contributed by atoms with Crippen LogP contribution in [0, 0.1) is 5.92 Å². The molecule has 0 unspecified atom stereocenters. The first kappa shape index (κ1) is 12.3. The summed E-state index contributed by atoms with van der Waals surface area (Å²) in [5.74, 6) is 6.75. The van der Waals surface area contributed by atoms with Gasteiger partial charge in [0.25, 0.3) is 0 Å². The van der Waals surface area contributed by atoms with Crippen molar-refractivity contribution >= 4 is 5.96 Å². The van der Waals surface area contributed by atoms with Gasteiger partial charge < -0.3 is 10.1 Å². The quantitative estimate of drug-likeness (QED) is 0.195. The normalized spacial score (nSPS) is 16.9. The molecule has 4 N–H and O–H groups in total. The number of hydrazine groups is 1. The van der Waals surface area contributed by atoms with Gasteiger partial charge in [-0.1, -0.05) is 0 Å². The molecule has 0 aromatic heterocycles. The van der Waals surface area contributed by atoms with Crippen LogP contribution in [0.3, 0.4) is 0 Å². The number of rotatable bonds is 6. The number of nitrogens with two attached hydrogens (primary N) is 1. The maximum Gasteiger partial charge on any atom is 0.206 e. The van der Waals surface area contributed by atoms with Crippen LogP contribution in [0.2, 0.25) is 0 Å². The third-order valence-electron chi connectivity index (χ3n) is 2.12. The SMILES string of the molecule is CC(C)NC(=NCCOCC1CC1)NN. The Kier molecular flexibility index (Phi) is 5.42. The van der Waals surface area contributed by atoms with Crippen molar-refractivity contribution in [2.45, 2.75) is 32.7 Å². The van der Waals surface area contributed by atoms with E-state index in [-0.39, 0.29) is 0 Å². The summed E-state index contributed by atoms with van der Waals surface area (Å²) in [4.78, 5) is 4.24. The molecule has 0 radical (unpaired) electrons. The minimum Gasteiger partial charge on any atom is -0.379 e. The third-order valence-corrected chi connectivity index (χ3v) is 2.12. The molecule has 1 fully saturated rings. The van der Waals surface area contributed by atoms with E-state index in [1.54, 1.807) is 0 Å². The Bertz CT molecular complexity index is 202. The number of aliphatic imine (C=N–C) groups is 1. The number of nitrogens with one attached hydrogen (secondary N) is 2. The van der Waals surface area contributed by atoms with Gasteiger partial charge in [-0.05, 0) is 32.6 Å². The Morgan fingerprint density at radius 2 is 2.27 bits per heavy atom. The molecule has 0 atom stereocenters. The first-order chi connectivity index (χ1) is 7.22. The molecular weight excluding hydrogens is 192 g/mol. The van der Waals surface area contributed by atoms with Gasteiger partial charge in [0.1, 0.15) is 0 Å². The molecule has 0 bridgehead atoms. The predicted molar refractivity (Wildman–Crippen MR) is 61.4 cm³/mol. The predicted octanol–water partition coefficient (Wildman–Crippen LogP) is 0.230. The van der Waals surface area contributed by atoms with Crippen LogP contribution in [-0.4, -0.2) is 31.8 Å². The molecule has 1 aliphatic carbocycles. The second kappa shape index (κ2) is 6.63. The number of ether oxygens (including phenoxy) is 1. The second-order valence-corrected chi connectivity index (χ2v) is 4.19. The van der Waals surface area contributed by atoms with Gasteiger partial charge in [-0.25, -0.2) is 10.8 Å². The van der Waals surface area contributed by atoms with Crippen molar-refractivity contribution in [3.8, 4) is 0 Å². The van der Waals surface area contributed by atoms with Crippen LogP contribution in [0.4, 0.5) is 0 Å². The zero-order chi connectivity index (χ0) is 11.1. The van der Waals surface area contributed by atoms with E-state index in [0.717, 1.165) is 12.5 Å². The fourth-order valence-corrected chi connectivity index (χ4v) is 1.16. The highest BCUT2D eigenvalue weighted by atomic mass is 16.5. The Hall–Kier alpha value is -0.810. The summed E-state index contributed by atoms with van der Waals surface area (Å²) in [6.07, 6.45) is 2.65. The average Bonchev–Trinajstić information content (AvgIpc) is 2.98. The summed E-state index contributed by atoms with van der Waals surface area (Å²) in [7, 11) is 0. The van der Waals surface area contributed by atoms with Crippen molar-refractivity contribution in [1.29, 1.82) is 0 Å². The molecule has 1 aliphatic rings. The van der Waals surface area contributed by atoms with Crippen LogP contribution in [0.1, 0.15) is 26.7 Å². The fraction of sp³-hybridized carbons (Fsp3) is 0.900. The van der Waals surface area contributed by atoms with Crippen molar-refractivity contribution < 1.29 is 4.74 Å². The highest BCUT2D eigenvalue weighted by Crippen LogP contribution is 2.28. The van der Waals surface area contributed by atoms with Gasteiger partial charge in [0.05, 0.1) is 13.2 Å². The lowest BCUT2D eigenvalue weighted by atomic mass is 10.4. The van der Waals surface area contributed by atoms with Crippen molar-refractivity contribution in [3.63, 3.8) is 0 Å². The number of hydrogen-bond acceptors (Lipinski definition) is 3. The van der Waals surface area contributed by atoms with E-state index >= 15 is 0 Å². The molecule has 0 aliphatic heterocycles. The summed E-state index contributed by atoms with van der Waals surface area (Å²) >= 11 is 0. The topological polar surface area (TPSA) is 71.7 Å². The van der Waals surface area contributed by atoms with E-state index in [9.17, 15) is 0 Å². The zero-order valence-electron chi connectivity index (χ0n) is 9.62. The molecule has 15 heavy (non-hydrogen) atoms. The number of guanidine groups is 1. The van der Waals surface area contributed by atoms with Crippen LogP contribution in [0.25, 0.3) is 0 Å². The monoisotopic (exact) mass is 214 g/mol. The van der Waals surface area contributed by atoms with Gasteiger partial charge in [-0.2, -0.15) is 0 Å². The molecule has 88 valence electrons. The molecule has 0 saturated heterocycles. The minimum absolute atomic E-state index is 0.326. The maximum atomic E-state index is 5.45. The third kappa shape index (κ3) is 6.30. The highest BCUT2D eigenvalue weighted by molar-refractivity contribution is 5.79. The lowest BCUT2D eigenvalue weighted by molar-refractivity contribution is 0.131. The van der Waals surface area contributed by atoms with Crippen LogP contribution in [0.15, 0.2) is 4.99 Å². The molecule has 5 nitrogen and oxygen atoms in total. The van der Waals surface area contributed by atoms with Crippen LogP contribution >= 0.6 is 0 Å². The summed E-state index contributed by atoms with van der Waals surface area (Å²) < 4.78 is 5.45. The molecule has 0 aromatic carbocycles. The fourth-order valence-electron chi connectivity index (χ4n) is 1.16. The molecule has 1 rings (SSSR count). The number of nitrogens with zero attached hydrogens (tertiary/aromatic N) is 1. The van der Waals surface area contributed by atoms with Crippen LogP contribution in [0.5, 0.6) is 0 Å². The molecule has 0 spiro atoms. The largest absolute Gasteiger partial charge is 0.379 e. The molecule has 0 aromatic rings. The Labute approximate surface area is 91.4 Å². The maximum absolute atomic E-state index is 5.45. The van der Waals surface area contributed by atoms with E-state index in [2.05, 4.69) is 15.7 Å². The summed E-state index contributed by atoms with van der Waals surface area (Å²) in [5.41, 5.74) is 2.53. The highest BCUT2D eigenvalue weighted by Gasteiger charge is 2.20. The molecular formula is C10H22N4O. The van der Waals surface area contributed by atoms with E-state index < -0.39 is 0 Å². The van der Waals surface area contributed by atoms with Gasteiger partial charge in [0.2, 0.25) is 5.96 Å². The van der Waals surface area contributed by atoms with Crippen molar-refractivity contribution in [2.24, 2.45) is 16.8 Å². The number of hydrogen-bond donors (Lipinski definition) is 3. The Balaban J connectivity index is 2.04. The van der Waals surface area contributed by atoms with E-state index in [1.165, 1.54) is 12.8 Å². The van der Waals surface area contributed by atoms with Crippen molar-refractivity contribution in [1.82, 2.24) is 10.7 Å². The summed E-state index contributed by atoms with van der Waals surface area (Å²) in [6.45, 7) is 6.28. The van der Waals surface area contributed by atoms with E-state index in [4.69, 9.17) is 10.6 Å². The van der Waals surface area contributed by atoms with E-state index in [1.807, 2.05) is 13.8 Å². The lowest BCUT2D eigenvalue weighted by Crippen LogP contribution is -2.44. The second-order valence-electron chi connectivity index (χ2n) is 4.19. The Morgan fingerprint density at radius 1 is 1.53 bits per heavy atom. The first-order valence-electron chi connectivity index (χ1n) is 5.57. The molecule has 5 heteroatoms. The van der Waals surface area contributed by atoms with Gasteiger partial charge in [-0.3, -0.25) is 5.43 Å². The van der Waals surface area contributed by atoms with Crippen LogP contribution in [-0.2, 0) is 4.74 Å². The zero-order valence-corrected chi connectivity index (χ0v) is 9.62. The summed E-state index contributed by atoms with van der Waals surface area (Å²) in [5, 5.41) is 3.10. The van der Waals surface area contributed by atoms with Crippen molar-refractivity contribution in [2.75, 3.05) is 19.8 Å². The van der Waals surface area contributed by atoms with E-state index in [0.29, 0.717) is 25.2 Å².